The van der Waals surface area contributed by atoms with E-state index >= 15 is 0 Å². The van der Waals surface area contributed by atoms with Crippen molar-refractivity contribution in [3.63, 3.8) is 0 Å². The molecule has 0 radical (unpaired) electrons. The highest BCUT2D eigenvalue weighted by Crippen LogP contribution is 2.19. The minimum atomic E-state index is -0.589. The Morgan fingerprint density at radius 2 is 1.92 bits per heavy atom. The van der Waals surface area contributed by atoms with Crippen LogP contribution in [0, 0.1) is 11.8 Å². The quantitative estimate of drug-likeness (QED) is 0.469. The van der Waals surface area contributed by atoms with Gasteiger partial charge in [0.15, 0.2) is 12.4 Å². The van der Waals surface area contributed by atoms with Crippen LogP contribution in [0.4, 0.5) is 4.79 Å². The summed E-state index contributed by atoms with van der Waals surface area (Å²) < 4.78 is 8.64. The van der Waals surface area contributed by atoms with Crippen LogP contribution in [0.25, 0.3) is 10.9 Å². The first-order chi connectivity index (χ1) is 11.8. The number of fused-ring (bicyclic) bond motifs is 1. The molecule has 2 heterocycles. The first-order valence-corrected chi connectivity index (χ1v) is 8.02. The van der Waals surface area contributed by atoms with Crippen molar-refractivity contribution in [1.29, 1.82) is 0 Å². The molecule has 0 aliphatic rings. The number of carbonyl (C=O) groups excluding carboxylic acids is 1. The minimum absolute atomic E-state index is 0.511. The van der Waals surface area contributed by atoms with Crippen molar-refractivity contribution >= 4 is 17.0 Å². The third-order valence-electron chi connectivity index (χ3n) is 3.42. The van der Waals surface area contributed by atoms with Gasteiger partial charge >= 0.3 is 6.09 Å². The Bertz CT molecular complexity index is 1000. The molecule has 25 heavy (non-hydrogen) atoms. The Balaban J connectivity index is 2.04. The summed E-state index contributed by atoms with van der Waals surface area (Å²) in [5.74, 6) is 6.16. The zero-order valence-corrected chi connectivity index (χ0v) is 14.8. The minimum Gasteiger partial charge on any atom is -0.442 e. The van der Waals surface area contributed by atoms with Crippen molar-refractivity contribution < 1.29 is 14.1 Å². The maximum Gasteiger partial charge on any atom is 0.435 e. The fourth-order valence-corrected chi connectivity index (χ4v) is 2.40. The van der Waals surface area contributed by atoms with E-state index < -0.39 is 11.7 Å². The molecule has 0 aliphatic carbocycles. The highest BCUT2D eigenvalue weighted by Gasteiger charge is 2.21. The van der Waals surface area contributed by atoms with Gasteiger partial charge in [-0.25, -0.2) is 9.36 Å². The lowest BCUT2D eigenvalue weighted by Gasteiger charge is -2.19. The molecule has 0 amide bonds. The van der Waals surface area contributed by atoms with E-state index in [0.717, 1.165) is 10.9 Å². The summed E-state index contributed by atoms with van der Waals surface area (Å²) in [6, 6.07) is 11.4. The number of pyridine rings is 1. The zero-order chi connectivity index (χ0) is 18.0. The third-order valence-corrected chi connectivity index (χ3v) is 3.42. The standard InChI is InChI=1S/C20H20N3O2/c1-20(2,3)25-19(24)23-18-10-6-5-9-16(18)17(21-23)12-11-15-8-7-13-22(4)14-15/h5-10,13-14H,1-4H3/q+1. The topological polar surface area (TPSA) is 48.0 Å². The lowest BCUT2D eigenvalue weighted by atomic mass is 10.2. The molecule has 0 bridgehead atoms. The summed E-state index contributed by atoms with van der Waals surface area (Å²) in [5, 5.41) is 5.19. The number of hydrogen-bond acceptors (Lipinski definition) is 3. The van der Waals surface area contributed by atoms with Gasteiger partial charge in [-0.2, -0.15) is 9.78 Å². The van der Waals surface area contributed by atoms with Crippen LogP contribution >= 0.6 is 0 Å². The Hall–Kier alpha value is -3.13. The molecular weight excluding hydrogens is 314 g/mol. The van der Waals surface area contributed by atoms with Crippen molar-refractivity contribution in [3.05, 3.63) is 60.0 Å². The Kier molecular flexibility index (Phi) is 4.28. The van der Waals surface area contributed by atoms with Crippen LogP contribution in [0.2, 0.25) is 0 Å². The van der Waals surface area contributed by atoms with Crippen molar-refractivity contribution in [2.45, 2.75) is 26.4 Å². The predicted octanol–water partition coefficient (Wildman–Crippen LogP) is 3.04. The number of hydrogen-bond donors (Lipinski definition) is 0. The molecule has 0 fully saturated rings. The van der Waals surface area contributed by atoms with E-state index in [1.165, 1.54) is 4.68 Å². The van der Waals surface area contributed by atoms with Gasteiger partial charge in [0, 0.05) is 11.5 Å². The van der Waals surface area contributed by atoms with Crippen molar-refractivity contribution in [2.24, 2.45) is 7.05 Å². The van der Waals surface area contributed by atoms with Crippen LogP contribution in [-0.2, 0) is 11.8 Å². The number of aromatic nitrogens is 3. The number of carbonyl (C=O) groups is 1. The Morgan fingerprint density at radius 1 is 1.16 bits per heavy atom. The van der Waals surface area contributed by atoms with E-state index in [4.69, 9.17) is 4.74 Å². The van der Waals surface area contributed by atoms with Crippen LogP contribution in [0.1, 0.15) is 32.0 Å². The fraction of sp³-hybridized carbons (Fsp3) is 0.250. The van der Waals surface area contributed by atoms with Crippen LogP contribution in [0.15, 0.2) is 48.8 Å². The number of rotatable bonds is 0. The molecule has 0 unspecified atom stereocenters. The molecule has 0 saturated heterocycles. The van der Waals surface area contributed by atoms with E-state index in [9.17, 15) is 4.79 Å². The van der Waals surface area contributed by atoms with Gasteiger partial charge in [-0.3, -0.25) is 0 Å². The first kappa shape index (κ1) is 16.7. The molecule has 0 saturated carbocycles. The molecule has 126 valence electrons. The van der Waals surface area contributed by atoms with Gasteiger partial charge in [-0.15, -0.1) is 0 Å². The zero-order valence-electron chi connectivity index (χ0n) is 14.8. The summed E-state index contributed by atoms with van der Waals surface area (Å²) in [7, 11) is 1.94. The molecule has 0 atom stereocenters. The third kappa shape index (κ3) is 3.86. The summed E-state index contributed by atoms with van der Waals surface area (Å²) in [5.41, 5.74) is 1.52. The van der Waals surface area contributed by atoms with E-state index in [0.29, 0.717) is 11.2 Å². The maximum atomic E-state index is 12.4. The summed E-state index contributed by atoms with van der Waals surface area (Å²) in [6.07, 6.45) is 3.36. The Morgan fingerprint density at radius 3 is 2.64 bits per heavy atom. The number of aryl methyl sites for hydroxylation is 1. The molecule has 0 N–H and O–H groups in total. The van der Waals surface area contributed by atoms with Crippen LogP contribution in [0.5, 0.6) is 0 Å². The highest BCUT2D eigenvalue weighted by molar-refractivity contribution is 5.91. The second-order valence-electron chi connectivity index (χ2n) is 6.77. The van der Waals surface area contributed by atoms with Gasteiger partial charge in [0.05, 0.1) is 11.1 Å². The molecule has 5 nitrogen and oxygen atoms in total. The van der Waals surface area contributed by atoms with Gasteiger partial charge < -0.3 is 4.74 Å². The molecule has 3 rings (SSSR count). The van der Waals surface area contributed by atoms with Crippen LogP contribution in [0.3, 0.4) is 0 Å². The number of para-hydroxylation sites is 1. The Labute approximate surface area is 146 Å². The number of nitrogens with zero attached hydrogens (tertiary/aromatic N) is 3. The lowest BCUT2D eigenvalue weighted by Crippen LogP contribution is -2.27. The van der Waals surface area contributed by atoms with E-state index in [2.05, 4.69) is 16.9 Å². The summed E-state index contributed by atoms with van der Waals surface area (Å²) in [6.45, 7) is 5.48. The molecule has 1 aromatic carbocycles. The first-order valence-electron chi connectivity index (χ1n) is 8.02. The van der Waals surface area contributed by atoms with Gasteiger partial charge in [0.2, 0.25) is 0 Å². The number of benzene rings is 1. The molecule has 0 aliphatic heterocycles. The molecular formula is C20H20N3O2+. The second kappa shape index (κ2) is 6.40. The monoisotopic (exact) mass is 334 g/mol. The van der Waals surface area contributed by atoms with Gasteiger partial charge in [0.1, 0.15) is 18.3 Å². The predicted molar refractivity (Wildman–Crippen MR) is 95.0 cm³/mol. The second-order valence-corrected chi connectivity index (χ2v) is 6.77. The molecule has 5 heteroatoms. The molecule has 0 spiro atoms. The molecule has 2 aromatic heterocycles. The van der Waals surface area contributed by atoms with Gasteiger partial charge in [0.25, 0.3) is 0 Å². The molecule has 3 aromatic rings. The van der Waals surface area contributed by atoms with Crippen LogP contribution < -0.4 is 4.57 Å². The van der Waals surface area contributed by atoms with E-state index in [1.54, 1.807) is 0 Å². The SMILES string of the molecule is C[n+]1cccc(C#Cc2nn(C(=O)OC(C)(C)C)c3ccccc23)c1. The van der Waals surface area contributed by atoms with Crippen molar-refractivity contribution in [1.82, 2.24) is 9.78 Å². The summed E-state index contributed by atoms with van der Waals surface area (Å²) in [4.78, 5) is 12.4. The number of ether oxygens (including phenoxy) is 1. The lowest BCUT2D eigenvalue weighted by molar-refractivity contribution is -0.671. The highest BCUT2D eigenvalue weighted by atomic mass is 16.6. The maximum absolute atomic E-state index is 12.4. The average molecular weight is 334 g/mol. The summed E-state index contributed by atoms with van der Waals surface area (Å²) >= 11 is 0. The normalized spacial score (nSPS) is 11.0. The van der Waals surface area contributed by atoms with Gasteiger partial charge in [-0.1, -0.05) is 18.1 Å². The fourth-order valence-electron chi connectivity index (χ4n) is 2.40. The van der Waals surface area contributed by atoms with Crippen molar-refractivity contribution in [3.8, 4) is 11.8 Å². The van der Waals surface area contributed by atoms with Gasteiger partial charge in [-0.05, 0) is 44.9 Å². The van der Waals surface area contributed by atoms with Crippen molar-refractivity contribution in [2.75, 3.05) is 0 Å². The van der Waals surface area contributed by atoms with E-state index in [1.807, 2.05) is 81.2 Å². The van der Waals surface area contributed by atoms with Crippen LogP contribution in [-0.4, -0.2) is 21.5 Å². The smallest absolute Gasteiger partial charge is 0.435 e. The van der Waals surface area contributed by atoms with E-state index in [-0.39, 0.29) is 0 Å². The largest absolute Gasteiger partial charge is 0.442 e. The average Bonchev–Trinajstić information content (AvgIpc) is 2.90.